The molecule has 0 saturated carbocycles. The third-order valence-corrected chi connectivity index (χ3v) is 3.88. The second kappa shape index (κ2) is 6.92. The fourth-order valence-electron chi connectivity index (χ4n) is 2.50. The predicted octanol–water partition coefficient (Wildman–Crippen LogP) is 4.96. The van der Waals surface area contributed by atoms with E-state index in [1.807, 2.05) is 0 Å². The number of rotatable bonds is 3. The van der Waals surface area contributed by atoms with Crippen molar-refractivity contribution in [3.05, 3.63) is 53.6 Å². The molecule has 0 aromatic heterocycles. The minimum atomic E-state index is -6.72. The van der Waals surface area contributed by atoms with Gasteiger partial charge in [-0.2, -0.15) is 39.5 Å². The van der Waals surface area contributed by atoms with Crippen LogP contribution in [0.15, 0.2) is 42.5 Å². The van der Waals surface area contributed by atoms with E-state index in [-0.39, 0.29) is 0 Å². The normalized spacial score (nSPS) is 14.3. The summed E-state index contributed by atoms with van der Waals surface area (Å²) in [4.78, 5) is 11.4. The molecular formula is C17H7F10O2-. The Hall–Kier alpha value is -2.79. The summed E-state index contributed by atoms with van der Waals surface area (Å²) in [7, 11) is 0. The largest absolute Gasteiger partial charge is 0.872 e. The lowest BCUT2D eigenvalue weighted by atomic mass is 9.94. The van der Waals surface area contributed by atoms with Crippen LogP contribution in [0.1, 0.15) is 11.1 Å². The summed E-state index contributed by atoms with van der Waals surface area (Å²) in [5.74, 6) is -5.07. The van der Waals surface area contributed by atoms with Crippen molar-refractivity contribution in [1.29, 1.82) is 0 Å². The zero-order valence-electron chi connectivity index (χ0n) is 13.6. The number of ketones is 1. The summed E-state index contributed by atoms with van der Waals surface area (Å²) in [6.07, 6.45) is -19.1. The first-order chi connectivity index (χ1) is 13.0. The first kappa shape index (κ1) is 22.5. The molecule has 2 aromatic carbocycles. The second-order valence-corrected chi connectivity index (χ2v) is 5.73. The van der Waals surface area contributed by atoms with Gasteiger partial charge in [0.15, 0.2) is 0 Å². The number of hydrogen-bond donors (Lipinski definition) is 0. The summed E-state index contributed by atoms with van der Waals surface area (Å²) in [6.45, 7) is 0. The number of carbonyl (C=O) groups is 1. The Bertz CT molecular complexity index is 953. The molecule has 0 aliphatic rings. The molecular weight excluding hydrogens is 426 g/mol. The van der Waals surface area contributed by atoms with Crippen LogP contribution in [-0.2, 0) is 11.0 Å². The molecule has 12 heteroatoms. The molecule has 158 valence electrons. The number of alkyl halides is 10. The molecule has 0 fully saturated rings. The fourth-order valence-corrected chi connectivity index (χ4v) is 2.50. The Morgan fingerprint density at radius 2 is 1.24 bits per heavy atom. The maximum atomic E-state index is 13.7. The van der Waals surface area contributed by atoms with Gasteiger partial charge >= 0.3 is 24.2 Å². The molecule has 0 aliphatic heterocycles. The average Bonchev–Trinajstić information content (AvgIpc) is 2.56. The van der Waals surface area contributed by atoms with Gasteiger partial charge < -0.3 is 5.11 Å². The van der Waals surface area contributed by atoms with Gasteiger partial charge in [0, 0.05) is 0 Å². The van der Waals surface area contributed by atoms with Crippen LogP contribution in [0, 0.1) is 0 Å². The number of benzene rings is 2. The van der Waals surface area contributed by atoms with E-state index in [1.54, 1.807) is 0 Å². The van der Waals surface area contributed by atoms with Gasteiger partial charge in [-0.25, -0.2) is 4.39 Å². The maximum Gasteiger partial charge on any atom is 0.439 e. The van der Waals surface area contributed by atoms with Gasteiger partial charge in [0.05, 0.1) is 5.56 Å². The first-order valence-corrected chi connectivity index (χ1v) is 7.36. The van der Waals surface area contributed by atoms with E-state index in [9.17, 15) is 53.8 Å². The molecule has 0 aliphatic carbocycles. The third kappa shape index (κ3) is 3.87. The molecule has 0 bridgehead atoms. The minimum absolute atomic E-state index is 0.365. The topological polar surface area (TPSA) is 40.1 Å². The number of fused-ring (bicyclic) bond motifs is 1. The molecule has 29 heavy (non-hydrogen) atoms. The third-order valence-electron chi connectivity index (χ3n) is 3.88. The SMILES string of the molecule is O=C(/C=C(\[O-])c1ccc(C(F)(F)F)c2ccccc12)C(F)(C(F)(F)F)C(F)(F)F. The lowest BCUT2D eigenvalue weighted by Gasteiger charge is -2.28. The quantitative estimate of drug-likeness (QED) is 0.390. The number of allylic oxidation sites excluding steroid dienone is 1. The number of halogens is 10. The molecule has 0 spiro atoms. The lowest BCUT2D eigenvalue weighted by molar-refractivity contribution is -0.323. The highest BCUT2D eigenvalue weighted by Gasteiger charge is 2.76. The van der Waals surface area contributed by atoms with E-state index in [0.717, 1.165) is 24.3 Å². The van der Waals surface area contributed by atoms with Gasteiger partial charge in [-0.05, 0) is 28.5 Å². The average molecular weight is 433 g/mol. The zero-order chi connectivity index (χ0) is 22.4. The Morgan fingerprint density at radius 3 is 1.69 bits per heavy atom. The maximum absolute atomic E-state index is 13.7. The van der Waals surface area contributed by atoms with Crippen molar-refractivity contribution in [2.75, 3.05) is 0 Å². The van der Waals surface area contributed by atoms with E-state index in [0.29, 0.717) is 12.1 Å². The Morgan fingerprint density at radius 1 is 0.759 bits per heavy atom. The first-order valence-electron chi connectivity index (χ1n) is 7.36. The lowest BCUT2D eigenvalue weighted by Crippen LogP contribution is -2.58. The van der Waals surface area contributed by atoms with Crippen molar-refractivity contribution in [2.45, 2.75) is 24.2 Å². The summed E-state index contributed by atoms with van der Waals surface area (Å²) >= 11 is 0. The van der Waals surface area contributed by atoms with Crippen LogP contribution in [0.4, 0.5) is 43.9 Å². The van der Waals surface area contributed by atoms with Crippen LogP contribution in [0.3, 0.4) is 0 Å². The van der Waals surface area contributed by atoms with Crippen LogP contribution in [-0.4, -0.2) is 23.8 Å². The smallest absolute Gasteiger partial charge is 0.439 e. The van der Waals surface area contributed by atoms with E-state index in [1.165, 1.54) is 0 Å². The number of carbonyl (C=O) groups excluding carboxylic acids is 1. The van der Waals surface area contributed by atoms with Gasteiger partial charge in [0.1, 0.15) is 0 Å². The van der Waals surface area contributed by atoms with Crippen LogP contribution >= 0.6 is 0 Å². The van der Waals surface area contributed by atoms with Crippen molar-refractivity contribution in [2.24, 2.45) is 0 Å². The standard InChI is InChI=1S/C17H8F10O2/c18-14(16(22,23)24,17(25,26)27)13(29)7-12(28)10-5-6-11(15(19,20)21)9-4-2-1-3-8(9)10/h1-7,28H/p-1/b12-7-. The van der Waals surface area contributed by atoms with Gasteiger partial charge in [0.25, 0.3) is 0 Å². The highest BCUT2D eigenvalue weighted by atomic mass is 19.4. The summed E-state index contributed by atoms with van der Waals surface area (Å²) in [5, 5.41) is 11.0. The molecule has 2 aromatic rings. The van der Waals surface area contributed by atoms with E-state index >= 15 is 0 Å². The van der Waals surface area contributed by atoms with E-state index in [2.05, 4.69) is 0 Å². The monoisotopic (exact) mass is 433 g/mol. The van der Waals surface area contributed by atoms with E-state index < -0.39 is 63.7 Å². The molecule has 2 rings (SSSR count). The highest BCUT2D eigenvalue weighted by Crippen LogP contribution is 2.47. The van der Waals surface area contributed by atoms with Crippen LogP contribution in [0.5, 0.6) is 0 Å². The molecule has 0 amide bonds. The summed E-state index contributed by atoms with van der Waals surface area (Å²) < 4.78 is 128. The Labute approximate surface area is 155 Å². The molecule has 0 heterocycles. The van der Waals surface area contributed by atoms with Crippen molar-refractivity contribution in [3.63, 3.8) is 0 Å². The predicted molar refractivity (Wildman–Crippen MR) is 77.9 cm³/mol. The Balaban J connectivity index is 2.66. The van der Waals surface area contributed by atoms with Crippen molar-refractivity contribution >= 4 is 22.3 Å². The fraction of sp³-hybridized carbons (Fsp3) is 0.235. The van der Waals surface area contributed by atoms with Crippen LogP contribution in [0.2, 0.25) is 0 Å². The molecule has 0 saturated heterocycles. The molecule has 0 radical (unpaired) electrons. The minimum Gasteiger partial charge on any atom is -0.872 e. The van der Waals surface area contributed by atoms with Crippen LogP contribution in [0.25, 0.3) is 16.5 Å². The van der Waals surface area contributed by atoms with Crippen molar-refractivity contribution < 1.29 is 53.8 Å². The summed E-state index contributed by atoms with van der Waals surface area (Å²) in [5.41, 5.74) is -8.40. The second-order valence-electron chi connectivity index (χ2n) is 5.73. The van der Waals surface area contributed by atoms with Crippen molar-refractivity contribution in [1.82, 2.24) is 0 Å². The molecule has 0 atom stereocenters. The summed E-state index contributed by atoms with van der Waals surface area (Å²) in [6, 6.07) is 4.96. The number of hydrogen-bond acceptors (Lipinski definition) is 2. The van der Waals surface area contributed by atoms with Gasteiger partial charge in [0.2, 0.25) is 5.78 Å². The van der Waals surface area contributed by atoms with Crippen LogP contribution < -0.4 is 5.11 Å². The highest BCUT2D eigenvalue weighted by molar-refractivity contribution is 6.05. The molecule has 2 nitrogen and oxygen atoms in total. The molecule has 0 N–H and O–H groups in total. The van der Waals surface area contributed by atoms with Crippen molar-refractivity contribution in [3.8, 4) is 0 Å². The van der Waals surface area contributed by atoms with E-state index in [4.69, 9.17) is 0 Å². The van der Waals surface area contributed by atoms with Gasteiger partial charge in [-0.3, -0.25) is 4.79 Å². The van der Waals surface area contributed by atoms with Gasteiger partial charge in [-0.1, -0.05) is 36.1 Å². The Kier molecular flexibility index (Phi) is 5.37. The molecule has 0 unspecified atom stereocenters. The zero-order valence-corrected chi connectivity index (χ0v) is 13.6. The van der Waals surface area contributed by atoms with Gasteiger partial charge in [-0.15, -0.1) is 0 Å².